The molecule has 3 aliphatic carbocycles. The van der Waals surface area contributed by atoms with Crippen molar-refractivity contribution >= 4 is 17.7 Å². The lowest BCUT2D eigenvalue weighted by Gasteiger charge is -2.62. The van der Waals surface area contributed by atoms with Crippen molar-refractivity contribution in [1.29, 1.82) is 0 Å². The highest BCUT2D eigenvalue weighted by Gasteiger charge is 2.93. The van der Waals surface area contributed by atoms with Gasteiger partial charge in [-0.3, -0.25) is 14.4 Å². The van der Waals surface area contributed by atoms with Crippen molar-refractivity contribution in [2.45, 2.75) is 139 Å². The van der Waals surface area contributed by atoms with Crippen LogP contribution in [0.4, 0.5) is 0 Å². The first kappa shape index (κ1) is 38.8. The van der Waals surface area contributed by atoms with E-state index in [-0.39, 0.29) is 24.7 Å². The van der Waals surface area contributed by atoms with Gasteiger partial charge in [-0.15, -0.1) is 0 Å². The summed E-state index contributed by atoms with van der Waals surface area (Å²) < 4.78 is 46.2. The van der Waals surface area contributed by atoms with Crippen molar-refractivity contribution in [2.75, 3.05) is 19.8 Å². The molecule has 7 rings (SSSR count). The summed E-state index contributed by atoms with van der Waals surface area (Å²) in [5.74, 6) is -8.39. The van der Waals surface area contributed by atoms with Gasteiger partial charge in [-0.25, -0.2) is 0 Å². The number of aliphatic hydroxyl groups excluding tert-OH is 2. The maximum absolute atomic E-state index is 14.1. The fraction of sp³-hybridized carbons (Fsp3) is 0.775. The Labute approximate surface area is 311 Å². The third-order valence-corrected chi connectivity index (χ3v) is 13.3. The van der Waals surface area contributed by atoms with Gasteiger partial charge < -0.3 is 48.5 Å². The van der Waals surface area contributed by atoms with Crippen LogP contribution in [0.25, 0.3) is 0 Å². The summed E-state index contributed by atoms with van der Waals surface area (Å²) >= 11 is 0. The number of aliphatic hydroxyl groups is 3. The van der Waals surface area contributed by atoms with Gasteiger partial charge in [0, 0.05) is 17.9 Å². The second kappa shape index (κ2) is 13.0. The number of rotatable bonds is 14. The number of allylic oxidation sites excluding steroid dienone is 3. The summed E-state index contributed by atoms with van der Waals surface area (Å²) in [6.45, 7) is 13.6. The predicted molar refractivity (Wildman–Crippen MR) is 187 cm³/mol. The minimum Gasteiger partial charge on any atom is -0.465 e. The highest BCUT2D eigenvalue weighted by molar-refractivity contribution is 6.05. The molecule has 2 saturated carbocycles. The fourth-order valence-electron chi connectivity index (χ4n) is 9.80. The van der Waals surface area contributed by atoms with Crippen LogP contribution in [0.1, 0.15) is 81.1 Å². The minimum atomic E-state index is -2.56. The summed E-state index contributed by atoms with van der Waals surface area (Å²) in [5.41, 5.74) is -8.72. The quantitative estimate of drug-likeness (QED) is 0.102. The maximum Gasteiger partial charge on any atom is 0.309 e. The van der Waals surface area contributed by atoms with E-state index in [2.05, 4.69) is 6.92 Å². The van der Waals surface area contributed by atoms with Crippen LogP contribution in [0.5, 0.6) is 0 Å². The summed E-state index contributed by atoms with van der Waals surface area (Å²) in [5, 5.41) is 35.6. The minimum absolute atomic E-state index is 0.0982. The molecule has 0 amide bonds. The molecule has 13 nitrogen and oxygen atoms in total. The Morgan fingerprint density at radius 3 is 2.40 bits per heavy atom. The molecule has 4 aliphatic heterocycles. The number of carbonyl (C=O) groups excluding carboxylic acids is 3. The van der Waals surface area contributed by atoms with E-state index < -0.39 is 112 Å². The van der Waals surface area contributed by atoms with Crippen molar-refractivity contribution in [3.8, 4) is 0 Å². The number of hydrogen-bond acceptors (Lipinski definition) is 13. The van der Waals surface area contributed by atoms with Gasteiger partial charge in [0.25, 0.3) is 0 Å². The molecule has 53 heavy (non-hydrogen) atoms. The van der Waals surface area contributed by atoms with Gasteiger partial charge in [0.2, 0.25) is 0 Å². The molecule has 3 bridgehead atoms. The van der Waals surface area contributed by atoms with Gasteiger partial charge in [0.05, 0.1) is 31.0 Å². The van der Waals surface area contributed by atoms with Crippen LogP contribution in [0, 0.1) is 35.5 Å². The van der Waals surface area contributed by atoms with Crippen molar-refractivity contribution < 1.29 is 62.9 Å². The second-order valence-electron chi connectivity index (χ2n) is 17.1. The van der Waals surface area contributed by atoms with Crippen LogP contribution in [0.3, 0.4) is 0 Å². The molecule has 0 aromatic carbocycles. The first-order valence-corrected chi connectivity index (χ1v) is 19.3. The second-order valence-corrected chi connectivity index (χ2v) is 17.1. The largest absolute Gasteiger partial charge is 0.465 e. The Bertz CT molecular complexity index is 1600. The summed E-state index contributed by atoms with van der Waals surface area (Å²) in [4.78, 5) is 41.5. The lowest BCUT2D eigenvalue weighted by Crippen LogP contribution is -2.79. The predicted octanol–water partition coefficient (Wildman–Crippen LogP) is 3.07. The van der Waals surface area contributed by atoms with Gasteiger partial charge in [-0.05, 0) is 38.2 Å². The third kappa shape index (κ3) is 5.28. The molecule has 6 fully saturated rings. The van der Waals surface area contributed by atoms with Gasteiger partial charge in [-0.1, -0.05) is 78.7 Å². The van der Waals surface area contributed by atoms with Crippen molar-refractivity contribution in [3.63, 3.8) is 0 Å². The normalized spacial score (nSPS) is 46.7. The number of Topliss-reactive ketones (excluding diaryl/α,β-unsaturated/α-hetero) is 1. The van der Waals surface area contributed by atoms with Crippen LogP contribution < -0.4 is 0 Å². The molecule has 3 N–H and O–H groups in total. The zero-order chi connectivity index (χ0) is 38.5. The molecule has 14 atom stereocenters. The summed E-state index contributed by atoms with van der Waals surface area (Å²) in [6, 6.07) is 0. The lowest BCUT2D eigenvalue weighted by molar-refractivity contribution is -0.409. The average Bonchev–Trinajstić information content (AvgIpc) is 4.02. The van der Waals surface area contributed by atoms with Crippen LogP contribution in [-0.2, 0) is 47.5 Å². The van der Waals surface area contributed by atoms with Crippen molar-refractivity contribution in [1.82, 2.24) is 0 Å². The van der Waals surface area contributed by atoms with Crippen LogP contribution >= 0.6 is 0 Å². The first-order valence-electron chi connectivity index (χ1n) is 19.3. The number of unbranched alkanes of at least 4 members (excludes halogenated alkanes) is 3. The summed E-state index contributed by atoms with van der Waals surface area (Å²) in [6.07, 6.45) is 7.63. The van der Waals surface area contributed by atoms with Gasteiger partial charge >= 0.3 is 17.9 Å². The molecule has 0 radical (unpaired) electrons. The third-order valence-electron chi connectivity index (χ3n) is 13.3. The Hall–Kier alpha value is -2.49. The van der Waals surface area contributed by atoms with Crippen LogP contribution in [0.2, 0.25) is 0 Å². The van der Waals surface area contributed by atoms with E-state index in [1.54, 1.807) is 39.0 Å². The smallest absolute Gasteiger partial charge is 0.309 e. The number of ketones is 1. The Morgan fingerprint density at radius 1 is 1.06 bits per heavy atom. The molecule has 0 aromatic heterocycles. The Morgan fingerprint density at radius 2 is 1.77 bits per heavy atom. The van der Waals surface area contributed by atoms with Crippen molar-refractivity contribution in [2.24, 2.45) is 35.5 Å². The molecule has 4 heterocycles. The molecule has 4 saturated heterocycles. The lowest BCUT2D eigenvalue weighted by atomic mass is 9.51. The van der Waals surface area contributed by atoms with Crippen LogP contribution in [0.15, 0.2) is 36.0 Å². The SMILES string of the molecule is CCCCC/C=C/C=C/C12O[C@@H]3C4[C@@H]5O[C@]5(CO)[C@@H](O)[C@]5(O)C(=O)C(C)=C[C@H]5[C@@]4(O1)[C@H](COC(=O)C(C)C)[C@H](OC(=O)[C@@H](C)C(C)C)[C@]3([C@]1(C)CO1)O2. The number of hydrogen-bond donors (Lipinski definition) is 3. The van der Waals surface area contributed by atoms with E-state index in [4.69, 9.17) is 33.2 Å². The highest BCUT2D eigenvalue weighted by atomic mass is 16.9. The molecule has 13 heteroatoms. The van der Waals surface area contributed by atoms with E-state index in [9.17, 15) is 29.7 Å². The molecular weight excluding hydrogens is 688 g/mol. The van der Waals surface area contributed by atoms with Gasteiger partial charge in [0.1, 0.15) is 47.8 Å². The molecule has 294 valence electrons. The molecular formula is C40H56O13. The van der Waals surface area contributed by atoms with Crippen molar-refractivity contribution in [3.05, 3.63) is 36.0 Å². The highest BCUT2D eigenvalue weighted by Crippen LogP contribution is 2.74. The average molecular weight is 745 g/mol. The van der Waals surface area contributed by atoms with E-state index in [0.717, 1.165) is 25.7 Å². The summed E-state index contributed by atoms with van der Waals surface area (Å²) in [7, 11) is 0. The topological polar surface area (TPSA) is 183 Å². The number of epoxide rings is 2. The zero-order valence-electron chi connectivity index (χ0n) is 32.0. The first-order chi connectivity index (χ1) is 25.0. The van der Waals surface area contributed by atoms with E-state index in [1.165, 1.54) is 6.92 Å². The molecule has 0 spiro atoms. The molecule has 0 aromatic rings. The Kier molecular flexibility index (Phi) is 9.54. The zero-order valence-corrected chi connectivity index (χ0v) is 32.0. The number of esters is 2. The number of fused-ring (bicyclic) bond motifs is 3. The monoisotopic (exact) mass is 744 g/mol. The molecule has 2 unspecified atom stereocenters. The van der Waals surface area contributed by atoms with Crippen LogP contribution in [-0.4, -0.2) is 111 Å². The fourth-order valence-corrected chi connectivity index (χ4v) is 9.80. The molecule has 7 aliphatic rings. The van der Waals surface area contributed by atoms with E-state index >= 15 is 0 Å². The Balaban J connectivity index is 1.48. The van der Waals surface area contributed by atoms with E-state index in [1.807, 2.05) is 32.9 Å². The number of carbonyl (C=O) groups is 3. The number of ether oxygens (including phenoxy) is 7. The standard InChI is InChI=1S/C40H56O13/c1-9-10-11-12-13-14-15-16-37-51-31-27-30-36(19-41,50-30)34(45)38(46)26(17-23(6)28(38)42)39(27,52-37)25(18-47-32(43)22(4)5)29(49-33(44)24(7)21(2)3)40(31,53-37)35(8)20-48-35/h13-17,21-22,24-27,29-31,34,41,45-46H,9-12,18-20H2,1-8H3/b14-13+,16-15+/t24-,25+,26+,27?,29-,30-,31+,34+,35-,36-,37?,38+,39-,40-/m0/s1. The van der Waals surface area contributed by atoms with Gasteiger partial charge in [-0.2, -0.15) is 0 Å². The maximum atomic E-state index is 14.1. The van der Waals surface area contributed by atoms with Gasteiger partial charge in [0.15, 0.2) is 17.0 Å². The van der Waals surface area contributed by atoms with E-state index in [0.29, 0.717) is 0 Å².